The van der Waals surface area contributed by atoms with Crippen molar-refractivity contribution in [2.45, 2.75) is 71.4 Å². The molecule has 0 aromatic rings. The van der Waals surface area contributed by atoms with Crippen LogP contribution < -0.4 is 11.1 Å². The number of primary amides is 1. The van der Waals surface area contributed by atoms with Crippen LogP contribution in [0.4, 0.5) is 4.79 Å². The summed E-state index contributed by atoms with van der Waals surface area (Å²) in [5, 5.41) is 2.44. The monoisotopic (exact) mass is 341 g/mol. The van der Waals surface area contributed by atoms with Gasteiger partial charge in [-0.25, -0.2) is 4.79 Å². The molecule has 2 rings (SSSR count). The fourth-order valence-corrected chi connectivity index (χ4v) is 2.81. The third-order valence-corrected chi connectivity index (χ3v) is 3.86. The molecule has 2 fully saturated rings. The van der Waals surface area contributed by atoms with Gasteiger partial charge in [0.05, 0.1) is 0 Å². The third-order valence-electron chi connectivity index (χ3n) is 3.86. The molecule has 0 spiro atoms. The Morgan fingerprint density at radius 2 is 1.71 bits per heavy atom. The van der Waals surface area contributed by atoms with Gasteiger partial charge in [0.15, 0.2) is 0 Å². The zero-order valence-electron chi connectivity index (χ0n) is 15.0. The molecule has 0 aromatic heterocycles. The van der Waals surface area contributed by atoms with Crippen molar-refractivity contribution < 1.29 is 19.1 Å². The third kappa shape index (κ3) is 7.19. The minimum absolute atomic E-state index is 0.0322. The van der Waals surface area contributed by atoms with Crippen molar-refractivity contribution >= 4 is 17.9 Å². The Bertz CT molecular complexity index is 431. The van der Waals surface area contributed by atoms with Crippen molar-refractivity contribution in [1.29, 1.82) is 0 Å². The summed E-state index contributed by atoms with van der Waals surface area (Å²) in [7, 11) is 0. The Morgan fingerprint density at radius 1 is 1.12 bits per heavy atom. The number of amides is 3. The van der Waals surface area contributed by atoms with Crippen molar-refractivity contribution in [2.24, 2.45) is 11.7 Å². The molecule has 1 saturated carbocycles. The van der Waals surface area contributed by atoms with E-state index in [1.807, 2.05) is 0 Å². The largest absolute Gasteiger partial charge is 0.446 e. The first-order chi connectivity index (χ1) is 11.3. The van der Waals surface area contributed by atoms with Gasteiger partial charge in [-0.05, 0) is 44.4 Å². The SMILES string of the molecule is CC(C)C.NC(=O)[C@@H]1CCCN1C(=O)CNC(=O)OC1CCCC1. The lowest BCUT2D eigenvalue weighted by Gasteiger charge is -2.22. The highest BCUT2D eigenvalue weighted by molar-refractivity contribution is 5.89. The lowest BCUT2D eigenvalue weighted by atomic mass is 10.2. The first kappa shape index (κ1) is 20.3. The lowest BCUT2D eigenvalue weighted by Crippen LogP contribution is -2.47. The van der Waals surface area contributed by atoms with Crippen LogP contribution in [0, 0.1) is 5.92 Å². The van der Waals surface area contributed by atoms with E-state index < -0.39 is 18.0 Å². The van der Waals surface area contributed by atoms with Gasteiger partial charge in [-0.15, -0.1) is 0 Å². The summed E-state index contributed by atoms with van der Waals surface area (Å²) in [4.78, 5) is 36.1. The number of alkyl carbamates (subject to hydrolysis) is 1. The van der Waals surface area contributed by atoms with Crippen molar-refractivity contribution in [3.8, 4) is 0 Å². The van der Waals surface area contributed by atoms with E-state index in [1.165, 1.54) is 4.90 Å². The molecule has 3 amide bonds. The molecule has 0 radical (unpaired) electrons. The second-order valence-corrected chi connectivity index (χ2v) is 7.04. The molecule has 7 heteroatoms. The molecule has 0 unspecified atom stereocenters. The van der Waals surface area contributed by atoms with E-state index in [9.17, 15) is 14.4 Å². The molecule has 1 heterocycles. The minimum atomic E-state index is -0.569. The van der Waals surface area contributed by atoms with Crippen LogP contribution in [0.1, 0.15) is 59.3 Å². The van der Waals surface area contributed by atoms with Crippen molar-refractivity contribution in [2.75, 3.05) is 13.1 Å². The van der Waals surface area contributed by atoms with Gasteiger partial charge in [0.1, 0.15) is 18.7 Å². The summed E-state index contributed by atoms with van der Waals surface area (Å²) in [5.41, 5.74) is 5.25. The summed E-state index contributed by atoms with van der Waals surface area (Å²) in [6.45, 7) is 6.85. The summed E-state index contributed by atoms with van der Waals surface area (Å²) in [5.74, 6) is 0.0408. The molecule has 7 nitrogen and oxygen atoms in total. The molecule has 1 atom stereocenters. The molecule has 138 valence electrons. The number of rotatable bonds is 4. The standard InChI is InChI=1S/C13H21N3O4.C4H10/c14-12(18)10-6-3-7-16(10)11(17)8-15-13(19)20-9-4-1-2-5-9;1-4(2)3/h9-10H,1-8H2,(H2,14,18)(H,15,19);4H,1-3H3/t10-;/m0./s1. The van der Waals surface area contributed by atoms with Crippen LogP contribution in [0.3, 0.4) is 0 Å². The highest BCUT2D eigenvalue weighted by Gasteiger charge is 2.32. The highest BCUT2D eigenvalue weighted by Crippen LogP contribution is 2.21. The van der Waals surface area contributed by atoms with E-state index >= 15 is 0 Å². The number of hydrogen-bond donors (Lipinski definition) is 2. The van der Waals surface area contributed by atoms with Gasteiger partial charge in [-0.2, -0.15) is 0 Å². The topological polar surface area (TPSA) is 102 Å². The second-order valence-electron chi connectivity index (χ2n) is 7.04. The molecule has 1 aliphatic carbocycles. The van der Waals surface area contributed by atoms with Gasteiger partial charge in [0.25, 0.3) is 0 Å². The van der Waals surface area contributed by atoms with Gasteiger partial charge in [-0.1, -0.05) is 20.8 Å². The van der Waals surface area contributed by atoms with Crippen LogP contribution in [0.2, 0.25) is 0 Å². The average molecular weight is 341 g/mol. The van der Waals surface area contributed by atoms with Gasteiger partial charge in [0, 0.05) is 6.54 Å². The molecule has 1 aliphatic heterocycles. The summed E-state index contributed by atoms with van der Waals surface area (Å²) in [6.07, 6.45) is 4.67. The zero-order valence-corrected chi connectivity index (χ0v) is 15.0. The van der Waals surface area contributed by atoms with Gasteiger partial charge < -0.3 is 20.7 Å². The van der Waals surface area contributed by atoms with Crippen LogP contribution in [0.25, 0.3) is 0 Å². The van der Waals surface area contributed by atoms with Crippen LogP contribution in [-0.2, 0) is 14.3 Å². The molecule has 0 bridgehead atoms. The predicted molar refractivity (Wildman–Crippen MR) is 91.2 cm³/mol. The van der Waals surface area contributed by atoms with Crippen LogP contribution in [0.15, 0.2) is 0 Å². The van der Waals surface area contributed by atoms with E-state index in [0.29, 0.717) is 13.0 Å². The number of likely N-dealkylation sites (tertiary alicyclic amines) is 1. The predicted octanol–water partition coefficient (Wildman–Crippen LogP) is 1.79. The molecular weight excluding hydrogens is 310 g/mol. The maximum absolute atomic E-state index is 11.9. The average Bonchev–Trinajstić information content (AvgIpc) is 3.14. The van der Waals surface area contributed by atoms with Gasteiger partial charge >= 0.3 is 6.09 Å². The Balaban J connectivity index is 0.000000648. The van der Waals surface area contributed by atoms with E-state index in [2.05, 4.69) is 26.1 Å². The van der Waals surface area contributed by atoms with Crippen LogP contribution in [-0.4, -0.2) is 48.0 Å². The molecule has 2 aliphatic rings. The number of nitrogens with zero attached hydrogens (tertiary/aromatic N) is 1. The Morgan fingerprint density at radius 3 is 2.25 bits per heavy atom. The number of carbonyl (C=O) groups is 3. The van der Waals surface area contributed by atoms with Crippen LogP contribution >= 0.6 is 0 Å². The summed E-state index contributed by atoms with van der Waals surface area (Å²) < 4.78 is 5.19. The van der Waals surface area contributed by atoms with Crippen molar-refractivity contribution in [3.63, 3.8) is 0 Å². The van der Waals surface area contributed by atoms with Gasteiger partial charge in [-0.3, -0.25) is 9.59 Å². The molecule has 0 aromatic carbocycles. The number of nitrogens with two attached hydrogens (primary N) is 1. The number of ether oxygens (including phenoxy) is 1. The minimum Gasteiger partial charge on any atom is -0.446 e. The normalized spacial score (nSPS) is 20.5. The van der Waals surface area contributed by atoms with Crippen molar-refractivity contribution in [3.05, 3.63) is 0 Å². The first-order valence-electron chi connectivity index (χ1n) is 8.84. The lowest BCUT2D eigenvalue weighted by molar-refractivity contribution is -0.136. The fraction of sp³-hybridized carbons (Fsp3) is 0.824. The van der Waals surface area contributed by atoms with Gasteiger partial charge in [0.2, 0.25) is 11.8 Å². The van der Waals surface area contributed by atoms with E-state index in [1.54, 1.807) is 0 Å². The maximum Gasteiger partial charge on any atom is 0.407 e. The molecular formula is C17H31N3O4. The quantitative estimate of drug-likeness (QED) is 0.814. The molecule has 24 heavy (non-hydrogen) atoms. The van der Waals surface area contributed by atoms with E-state index in [0.717, 1.165) is 38.0 Å². The molecule has 3 N–H and O–H groups in total. The second kappa shape index (κ2) is 10.2. The smallest absolute Gasteiger partial charge is 0.407 e. The van der Waals surface area contributed by atoms with Crippen molar-refractivity contribution in [1.82, 2.24) is 10.2 Å². The number of nitrogens with one attached hydrogen (secondary N) is 1. The summed E-state index contributed by atoms with van der Waals surface area (Å²) >= 11 is 0. The van der Waals surface area contributed by atoms with E-state index in [-0.39, 0.29) is 18.6 Å². The number of hydrogen-bond acceptors (Lipinski definition) is 4. The highest BCUT2D eigenvalue weighted by atomic mass is 16.6. The van der Waals surface area contributed by atoms with Crippen LogP contribution in [0.5, 0.6) is 0 Å². The van der Waals surface area contributed by atoms with E-state index in [4.69, 9.17) is 10.5 Å². The Labute approximate surface area is 144 Å². The Kier molecular flexibility index (Phi) is 8.57. The fourth-order valence-electron chi connectivity index (χ4n) is 2.81. The zero-order chi connectivity index (χ0) is 18.1. The maximum atomic E-state index is 11.9. The number of carbonyl (C=O) groups excluding carboxylic acids is 3. The molecule has 1 saturated heterocycles. The first-order valence-corrected chi connectivity index (χ1v) is 8.84. The Hall–Kier alpha value is -1.79. The summed E-state index contributed by atoms with van der Waals surface area (Å²) in [6, 6.07) is -0.546.